The van der Waals surface area contributed by atoms with E-state index >= 15 is 0 Å². The summed E-state index contributed by atoms with van der Waals surface area (Å²) in [5.74, 6) is 0.567. The molecule has 1 atom stereocenters. The van der Waals surface area contributed by atoms with Crippen molar-refractivity contribution >= 4 is 11.6 Å². The van der Waals surface area contributed by atoms with Gasteiger partial charge in [0.05, 0.1) is 13.2 Å². The van der Waals surface area contributed by atoms with E-state index in [2.05, 4.69) is 10.0 Å². The molecule has 0 aliphatic heterocycles. The molecule has 16 heavy (non-hydrogen) atoms. The molecule has 1 unspecified atom stereocenters. The Labute approximate surface area is 98.2 Å². The van der Waals surface area contributed by atoms with Gasteiger partial charge in [0.2, 0.25) is 0 Å². The first-order valence-electron chi connectivity index (χ1n) is 4.71. The number of ether oxygens (including phenoxy) is 1. The third-order valence-electron chi connectivity index (χ3n) is 2.12. The molecule has 0 fully saturated rings. The second kappa shape index (κ2) is 6.23. The molecule has 86 valence electrons. The van der Waals surface area contributed by atoms with Crippen molar-refractivity contribution in [3.63, 3.8) is 0 Å². The summed E-state index contributed by atoms with van der Waals surface area (Å²) in [5.41, 5.74) is 8.73. The Kier molecular flexibility index (Phi) is 4.92. The van der Waals surface area contributed by atoms with Gasteiger partial charge in [0, 0.05) is 22.0 Å². The molecule has 0 heterocycles. The van der Waals surface area contributed by atoms with E-state index < -0.39 is 6.10 Å². The molecule has 1 aromatic carbocycles. The lowest BCUT2D eigenvalue weighted by Crippen LogP contribution is -2.02. The second-order valence-electron chi connectivity index (χ2n) is 3.15. The van der Waals surface area contributed by atoms with Crippen LogP contribution in [0.1, 0.15) is 18.1 Å². The summed E-state index contributed by atoms with van der Waals surface area (Å²) in [6.45, 7) is 0.229. The molecular formula is C10H12ClN3O2. The van der Waals surface area contributed by atoms with Crippen LogP contribution in [0.5, 0.6) is 5.75 Å². The van der Waals surface area contributed by atoms with Crippen LogP contribution in [0, 0.1) is 0 Å². The SMILES string of the molecule is COc1ccc(Cl)cc1C(O)CCN=[N+]=[N-]. The highest BCUT2D eigenvalue weighted by Gasteiger charge is 2.13. The van der Waals surface area contributed by atoms with Gasteiger partial charge in [-0.1, -0.05) is 16.7 Å². The quantitative estimate of drug-likeness (QED) is 0.488. The van der Waals surface area contributed by atoms with E-state index in [0.29, 0.717) is 22.8 Å². The Morgan fingerprint density at radius 2 is 2.38 bits per heavy atom. The molecule has 0 amide bonds. The molecule has 5 nitrogen and oxygen atoms in total. The maximum atomic E-state index is 9.86. The van der Waals surface area contributed by atoms with Crippen molar-refractivity contribution in [2.75, 3.05) is 13.7 Å². The van der Waals surface area contributed by atoms with Gasteiger partial charge in [0.1, 0.15) is 5.75 Å². The van der Waals surface area contributed by atoms with Crippen molar-refractivity contribution in [3.05, 3.63) is 39.2 Å². The number of rotatable bonds is 5. The molecule has 0 aliphatic carbocycles. The predicted octanol–water partition coefficient (Wildman–Crippen LogP) is 3.08. The third-order valence-corrected chi connectivity index (χ3v) is 2.35. The molecule has 0 aromatic heterocycles. The number of azide groups is 1. The topological polar surface area (TPSA) is 78.2 Å². The van der Waals surface area contributed by atoms with E-state index in [-0.39, 0.29) is 6.54 Å². The van der Waals surface area contributed by atoms with Crippen LogP contribution in [0.3, 0.4) is 0 Å². The van der Waals surface area contributed by atoms with Crippen molar-refractivity contribution in [2.45, 2.75) is 12.5 Å². The highest BCUT2D eigenvalue weighted by atomic mass is 35.5. The molecule has 0 saturated carbocycles. The summed E-state index contributed by atoms with van der Waals surface area (Å²) in [6.07, 6.45) is -0.417. The lowest BCUT2D eigenvalue weighted by atomic mass is 10.1. The van der Waals surface area contributed by atoms with Crippen molar-refractivity contribution in [1.82, 2.24) is 0 Å². The van der Waals surface area contributed by atoms with Crippen LogP contribution in [-0.4, -0.2) is 18.8 Å². The fraction of sp³-hybridized carbons (Fsp3) is 0.400. The molecule has 1 rings (SSSR count). The largest absolute Gasteiger partial charge is 0.496 e. The first-order valence-corrected chi connectivity index (χ1v) is 5.09. The summed E-state index contributed by atoms with van der Waals surface area (Å²) in [7, 11) is 1.52. The average Bonchev–Trinajstić information content (AvgIpc) is 2.29. The van der Waals surface area contributed by atoms with Gasteiger partial charge < -0.3 is 9.84 Å². The molecule has 0 spiro atoms. The van der Waals surface area contributed by atoms with Crippen molar-refractivity contribution in [3.8, 4) is 5.75 Å². The molecule has 1 N–H and O–H groups in total. The minimum absolute atomic E-state index is 0.229. The Bertz CT molecular complexity index is 405. The Morgan fingerprint density at radius 3 is 3.00 bits per heavy atom. The Balaban J connectivity index is 2.83. The van der Waals surface area contributed by atoms with Crippen LogP contribution in [-0.2, 0) is 0 Å². The molecular weight excluding hydrogens is 230 g/mol. The van der Waals surface area contributed by atoms with E-state index in [1.807, 2.05) is 0 Å². The molecule has 0 bridgehead atoms. The number of hydrogen-bond acceptors (Lipinski definition) is 3. The number of hydrogen-bond donors (Lipinski definition) is 1. The van der Waals surface area contributed by atoms with Gasteiger partial charge in [0.25, 0.3) is 0 Å². The van der Waals surface area contributed by atoms with Gasteiger partial charge in [-0.3, -0.25) is 0 Å². The smallest absolute Gasteiger partial charge is 0.124 e. The zero-order valence-electron chi connectivity index (χ0n) is 8.80. The van der Waals surface area contributed by atoms with Gasteiger partial charge >= 0.3 is 0 Å². The normalized spacial score (nSPS) is 11.7. The predicted molar refractivity (Wildman–Crippen MR) is 61.6 cm³/mol. The van der Waals surface area contributed by atoms with Crippen LogP contribution in [0.4, 0.5) is 0 Å². The van der Waals surface area contributed by atoms with Gasteiger partial charge in [0.15, 0.2) is 0 Å². The van der Waals surface area contributed by atoms with E-state index in [0.717, 1.165) is 0 Å². The fourth-order valence-electron chi connectivity index (χ4n) is 1.35. The molecule has 0 radical (unpaired) electrons. The number of nitrogens with zero attached hydrogens (tertiary/aromatic N) is 3. The van der Waals surface area contributed by atoms with Crippen LogP contribution < -0.4 is 4.74 Å². The number of aliphatic hydroxyl groups excluding tert-OH is 1. The molecule has 1 aromatic rings. The third kappa shape index (κ3) is 3.31. The number of methoxy groups -OCH3 is 1. The summed E-state index contributed by atoms with van der Waals surface area (Å²) in [4.78, 5) is 2.62. The van der Waals surface area contributed by atoms with E-state index in [1.54, 1.807) is 18.2 Å². The van der Waals surface area contributed by atoms with Crippen molar-refractivity contribution < 1.29 is 9.84 Å². The van der Waals surface area contributed by atoms with Crippen molar-refractivity contribution in [2.24, 2.45) is 5.11 Å². The minimum atomic E-state index is -0.751. The van der Waals surface area contributed by atoms with Crippen LogP contribution in [0.2, 0.25) is 5.02 Å². The fourth-order valence-corrected chi connectivity index (χ4v) is 1.53. The summed E-state index contributed by atoms with van der Waals surface area (Å²) in [6, 6.07) is 5.01. The van der Waals surface area contributed by atoms with Crippen molar-refractivity contribution in [1.29, 1.82) is 0 Å². The van der Waals surface area contributed by atoms with Gasteiger partial charge in [-0.2, -0.15) is 0 Å². The molecule has 6 heteroatoms. The lowest BCUT2D eigenvalue weighted by molar-refractivity contribution is 0.166. The Hall–Kier alpha value is -1.42. The zero-order valence-corrected chi connectivity index (χ0v) is 9.55. The van der Waals surface area contributed by atoms with E-state index in [9.17, 15) is 5.11 Å². The summed E-state index contributed by atoms with van der Waals surface area (Å²) in [5, 5.41) is 13.8. The minimum Gasteiger partial charge on any atom is -0.496 e. The average molecular weight is 242 g/mol. The van der Waals surface area contributed by atoms with E-state index in [1.165, 1.54) is 7.11 Å². The summed E-state index contributed by atoms with van der Waals surface area (Å²) >= 11 is 5.83. The standard InChI is InChI=1S/C10H12ClN3O2/c1-16-10-3-2-7(11)6-8(10)9(15)4-5-13-14-12/h2-3,6,9,15H,4-5H2,1H3. The number of halogens is 1. The number of aliphatic hydroxyl groups is 1. The van der Waals surface area contributed by atoms with Gasteiger partial charge in [-0.05, 0) is 30.2 Å². The maximum absolute atomic E-state index is 9.86. The lowest BCUT2D eigenvalue weighted by Gasteiger charge is -2.14. The second-order valence-corrected chi connectivity index (χ2v) is 3.58. The first kappa shape index (κ1) is 12.6. The van der Waals surface area contributed by atoms with E-state index in [4.69, 9.17) is 21.9 Å². The maximum Gasteiger partial charge on any atom is 0.124 e. The van der Waals surface area contributed by atoms with Crippen LogP contribution in [0.15, 0.2) is 23.3 Å². The van der Waals surface area contributed by atoms with Crippen LogP contribution >= 0.6 is 11.6 Å². The zero-order chi connectivity index (χ0) is 12.0. The number of benzene rings is 1. The van der Waals surface area contributed by atoms with Crippen LogP contribution in [0.25, 0.3) is 10.4 Å². The molecule has 0 saturated heterocycles. The monoisotopic (exact) mass is 241 g/mol. The molecule has 0 aliphatic rings. The highest BCUT2D eigenvalue weighted by molar-refractivity contribution is 6.30. The Morgan fingerprint density at radius 1 is 1.62 bits per heavy atom. The van der Waals surface area contributed by atoms with Gasteiger partial charge in [-0.25, -0.2) is 0 Å². The first-order chi connectivity index (χ1) is 7.69. The highest BCUT2D eigenvalue weighted by Crippen LogP contribution is 2.29. The summed E-state index contributed by atoms with van der Waals surface area (Å²) < 4.78 is 5.11. The van der Waals surface area contributed by atoms with Gasteiger partial charge in [-0.15, -0.1) is 0 Å².